The SMILES string of the molecule is Cc1ccc(C)c(C(CO)C2C3CCN(CC3)C2c2ccccc2)c1. The third-order valence-corrected chi connectivity index (χ3v) is 6.51. The molecular formula is C23H29NO. The van der Waals surface area contributed by atoms with Crippen molar-refractivity contribution >= 4 is 0 Å². The second-order valence-corrected chi connectivity index (χ2v) is 7.96. The van der Waals surface area contributed by atoms with Gasteiger partial charge in [0.05, 0.1) is 6.61 Å². The lowest BCUT2D eigenvalue weighted by molar-refractivity contribution is -0.0328. The maximum absolute atomic E-state index is 10.4. The molecule has 3 aliphatic heterocycles. The van der Waals surface area contributed by atoms with E-state index in [2.05, 4.69) is 67.3 Å². The summed E-state index contributed by atoms with van der Waals surface area (Å²) < 4.78 is 0. The smallest absolute Gasteiger partial charge is 0.0503 e. The summed E-state index contributed by atoms with van der Waals surface area (Å²) >= 11 is 0. The number of benzene rings is 2. The molecule has 2 nitrogen and oxygen atoms in total. The predicted molar refractivity (Wildman–Crippen MR) is 103 cm³/mol. The number of hydrogen-bond donors (Lipinski definition) is 1. The topological polar surface area (TPSA) is 23.5 Å². The highest BCUT2D eigenvalue weighted by atomic mass is 16.3. The van der Waals surface area contributed by atoms with Crippen LogP contribution in [-0.2, 0) is 0 Å². The van der Waals surface area contributed by atoms with Crippen molar-refractivity contribution in [3.8, 4) is 0 Å². The third kappa shape index (κ3) is 3.02. The fourth-order valence-electron chi connectivity index (χ4n) is 5.30. The van der Waals surface area contributed by atoms with Gasteiger partial charge in [0.25, 0.3) is 0 Å². The van der Waals surface area contributed by atoms with Gasteiger partial charge in [-0.2, -0.15) is 0 Å². The number of piperidine rings is 3. The Bertz CT molecular complexity index is 718. The molecule has 3 unspecified atom stereocenters. The van der Waals surface area contributed by atoms with Crippen LogP contribution in [0.3, 0.4) is 0 Å². The van der Waals surface area contributed by atoms with Crippen LogP contribution in [0.15, 0.2) is 48.5 Å². The summed E-state index contributed by atoms with van der Waals surface area (Å²) in [5, 5.41) is 10.4. The molecule has 5 rings (SSSR count). The van der Waals surface area contributed by atoms with Gasteiger partial charge in [-0.15, -0.1) is 0 Å². The van der Waals surface area contributed by atoms with E-state index in [1.165, 1.54) is 48.2 Å². The zero-order valence-corrected chi connectivity index (χ0v) is 15.4. The summed E-state index contributed by atoms with van der Waals surface area (Å²) in [6.07, 6.45) is 2.55. The summed E-state index contributed by atoms with van der Waals surface area (Å²) in [5.74, 6) is 1.43. The van der Waals surface area contributed by atoms with Crippen molar-refractivity contribution < 1.29 is 5.11 Å². The lowest BCUT2D eigenvalue weighted by Gasteiger charge is -2.54. The number of hydrogen-bond acceptors (Lipinski definition) is 2. The van der Waals surface area contributed by atoms with E-state index in [1.54, 1.807) is 0 Å². The largest absolute Gasteiger partial charge is 0.396 e. The molecule has 0 radical (unpaired) electrons. The van der Waals surface area contributed by atoms with Crippen LogP contribution in [0.4, 0.5) is 0 Å². The fraction of sp³-hybridized carbons (Fsp3) is 0.478. The summed E-state index contributed by atoms with van der Waals surface area (Å²) in [4.78, 5) is 2.66. The molecule has 3 fully saturated rings. The Balaban J connectivity index is 1.77. The molecule has 3 heterocycles. The first-order chi connectivity index (χ1) is 12.2. The van der Waals surface area contributed by atoms with Crippen LogP contribution in [0.2, 0.25) is 0 Å². The van der Waals surface area contributed by atoms with Crippen LogP contribution < -0.4 is 0 Å². The van der Waals surface area contributed by atoms with Crippen molar-refractivity contribution in [2.45, 2.75) is 38.6 Å². The third-order valence-electron chi connectivity index (χ3n) is 6.51. The van der Waals surface area contributed by atoms with Crippen LogP contribution in [0.25, 0.3) is 0 Å². The van der Waals surface area contributed by atoms with E-state index in [9.17, 15) is 5.11 Å². The minimum atomic E-state index is 0.221. The van der Waals surface area contributed by atoms with Gasteiger partial charge in [0.1, 0.15) is 0 Å². The monoisotopic (exact) mass is 335 g/mol. The zero-order chi connectivity index (χ0) is 17.4. The van der Waals surface area contributed by atoms with E-state index in [0.717, 1.165) is 0 Å². The Morgan fingerprint density at radius 2 is 1.76 bits per heavy atom. The number of fused-ring (bicyclic) bond motifs is 3. The van der Waals surface area contributed by atoms with Gasteiger partial charge in [-0.3, -0.25) is 4.90 Å². The average Bonchev–Trinajstić information content (AvgIpc) is 2.66. The molecule has 132 valence electrons. The molecule has 0 aliphatic carbocycles. The predicted octanol–water partition coefficient (Wildman–Crippen LogP) is 4.46. The molecule has 0 amide bonds. The summed E-state index contributed by atoms with van der Waals surface area (Å²) in [7, 11) is 0. The lowest BCUT2D eigenvalue weighted by atomic mass is 9.64. The fourth-order valence-corrected chi connectivity index (χ4v) is 5.30. The van der Waals surface area contributed by atoms with E-state index in [1.807, 2.05) is 0 Å². The summed E-state index contributed by atoms with van der Waals surface area (Å²) in [6, 6.07) is 18.1. The quantitative estimate of drug-likeness (QED) is 0.891. The molecule has 3 aliphatic rings. The number of rotatable bonds is 4. The van der Waals surface area contributed by atoms with Crippen LogP contribution in [0, 0.1) is 25.7 Å². The average molecular weight is 335 g/mol. The number of aliphatic hydroxyl groups excluding tert-OH is 1. The summed E-state index contributed by atoms with van der Waals surface area (Å²) in [5.41, 5.74) is 5.37. The van der Waals surface area contributed by atoms with Crippen molar-refractivity contribution in [1.29, 1.82) is 0 Å². The molecule has 1 N–H and O–H groups in total. The van der Waals surface area contributed by atoms with Crippen molar-refractivity contribution in [2.75, 3.05) is 19.7 Å². The molecule has 0 saturated carbocycles. The Morgan fingerprint density at radius 3 is 2.44 bits per heavy atom. The van der Waals surface area contributed by atoms with Crippen LogP contribution in [0.1, 0.15) is 47.1 Å². The first-order valence-electron chi connectivity index (χ1n) is 9.66. The van der Waals surface area contributed by atoms with Crippen molar-refractivity contribution in [3.63, 3.8) is 0 Å². The standard InChI is InChI=1S/C23H29NO/c1-16-8-9-17(2)20(14-16)21(15-25)22-18-10-12-24(13-11-18)23(22)19-6-4-3-5-7-19/h3-9,14,18,21-23,25H,10-13,15H2,1-2H3. The Morgan fingerprint density at radius 1 is 1.04 bits per heavy atom. The maximum atomic E-state index is 10.4. The molecule has 25 heavy (non-hydrogen) atoms. The van der Waals surface area contributed by atoms with Crippen molar-refractivity contribution in [3.05, 3.63) is 70.8 Å². The van der Waals surface area contributed by atoms with Gasteiger partial charge >= 0.3 is 0 Å². The molecule has 2 bridgehead atoms. The minimum absolute atomic E-state index is 0.221. The Hall–Kier alpha value is -1.64. The van der Waals surface area contributed by atoms with E-state index in [0.29, 0.717) is 17.9 Å². The van der Waals surface area contributed by atoms with E-state index in [-0.39, 0.29) is 12.5 Å². The van der Waals surface area contributed by atoms with Crippen molar-refractivity contribution in [2.24, 2.45) is 11.8 Å². The van der Waals surface area contributed by atoms with Crippen LogP contribution >= 0.6 is 0 Å². The molecule has 2 aromatic rings. The first kappa shape index (κ1) is 16.8. The van der Waals surface area contributed by atoms with Gasteiger partial charge in [-0.05, 0) is 68.3 Å². The second kappa shape index (κ2) is 6.93. The number of nitrogens with zero attached hydrogens (tertiary/aromatic N) is 1. The normalized spacial score (nSPS) is 29.6. The Kier molecular flexibility index (Phi) is 4.66. The molecule has 2 heteroatoms. The van der Waals surface area contributed by atoms with E-state index >= 15 is 0 Å². The molecule has 2 aromatic carbocycles. The lowest BCUT2D eigenvalue weighted by Crippen LogP contribution is -2.52. The molecule has 3 atom stereocenters. The molecule has 0 spiro atoms. The van der Waals surface area contributed by atoms with E-state index < -0.39 is 0 Å². The van der Waals surface area contributed by atoms with Gasteiger partial charge in [0.2, 0.25) is 0 Å². The van der Waals surface area contributed by atoms with Gasteiger partial charge in [0, 0.05) is 12.0 Å². The van der Waals surface area contributed by atoms with E-state index in [4.69, 9.17) is 0 Å². The van der Waals surface area contributed by atoms with Gasteiger partial charge < -0.3 is 5.11 Å². The summed E-state index contributed by atoms with van der Waals surface area (Å²) in [6.45, 7) is 6.99. The molecule has 0 aromatic heterocycles. The zero-order valence-electron chi connectivity index (χ0n) is 15.4. The highest BCUT2D eigenvalue weighted by Crippen LogP contribution is 2.51. The molecule has 3 saturated heterocycles. The minimum Gasteiger partial charge on any atom is -0.396 e. The second-order valence-electron chi connectivity index (χ2n) is 7.96. The maximum Gasteiger partial charge on any atom is 0.0503 e. The number of aryl methyl sites for hydroxylation is 2. The van der Waals surface area contributed by atoms with Crippen LogP contribution in [-0.4, -0.2) is 29.7 Å². The highest BCUT2D eigenvalue weighted by Gasteiger charge is 2.46. The molecular weight excluding hydrogens is 306 g/mol. The van der Waals surface area contributed by atoms with Gasteiger partial charge in [0.15, 0.2) is 0 Å². The highest BCUT2D eigenvalue weighted by molar-refractivity contribution is 5.35. The number of aliphatic hydroxyl groups is 1. The van der Waals surface area contributed by atoms with Crippen LogP contribution in [0.5, 0.6) is 0 Å². The van der Waals surface area contributed by atoms with Gasteiger partial charge in [-0.1, -0.05) is 54.1 Å². The Labute approximate surface area is 151 Å². The first-order valence-corrected chi connectivity index (χ1v) is 9.66. The van der Waals surface area contributed by atoms with Gasteiger partial charge in [-0.25, -0.2) is 0 Å². The van der Waals surface area contributed by atoms with Crippen molar-refractivity contribution in [1.82, 2.24) is 4.90 Å².